The monoisotopic (exact) mass is 431 g/mol. The molecule has 6 heteroatoms. The quantitative estimate of drug-likeness (QED) is 0.506. The number of amides is 1. The second-order valence-corrected chi connectivity index (χ2v) is 7.90. The molecule has 1 N–H and O–H groups in total. The summed E-state index contributed by atoms with van der Waals surface area (Å²) >= 11 is 0. The Kier molecular flexibility index (Phi) is 5.86. The van der Waals surface area contributed by atoms with Crippen LogP contribution in [0, 0.1) is 0 Å². The third kappa shape index (κ3) is 3.91. The van der Waals surface area contributed by atoms with Crippen LogP contribution in [-0.2, 0) is 11.2 Å². The number of anilines is 1. The average Bonchev–Trinajstić information content (AvgIpc) is 3.41. The third-order valence-corrected chi connectivity index (χ3v) is 5.39. The van der Waals surface area contributed by atoms with Crippen molar-refractivity contribution in [1.29, 1.82) is 0 Å². The number of furan rings is 1. The van der Waals surface area contributed by atoms with Crippen molar-refractivity contribution < 1.29 is 23.8 Å². The number of rotatable bonds is 7. The van der Waals surface area contributed by atoms with Crippen molar-refractivity contribution in [3.8, 4) is 5.75 Å². The van der Waals surface area contributed by atoms with Gasteiger partial charge in [-0.15, -0.1) is 0 Å². The van der Waals surface area contributed by atoms with E-state index in [9.17, 15) is 14.7 Å². The molecule has 32 heavy (non-hydrogen) atoms. The lowest BCUT2D eigenvalue weighted by Crippen LogP contribution is -2.31. The number of aliphatic hydroxyl groups is 1. The van der Waals surface area contributed by atoms with Gasteiger partial charge in [-0.1, -0.05) is 31.2 Å². The molecule has 1 aliphatic heterocycles. The first kappa shape index (κ1) is 21.4. The number of hydrogen-bond donors (Lipinski definition) is 1. The number of aliphatic hydroxyl groups excluding tert-OH is 1. The van der Waals surface area contributed by atoms with E-state index < -0.39 is 23.5 Å². The van der Waals surface area contributed by atoms with Gasteiger partial charge in [0.2, 0.25) is 5.78 Å². The molecular formula is C26H25NO5. The average molecular weight is 431 g/mol. The standard InChI is InChI=1S/C26H25NO5/c1-4-17-7-9-18(10-8-17)23-22(24(28)21-6-5-15-31-21)25(29)26(30)27(23)19-11-13-20(14-12-19)32-16(2)3/h5-16,23,29H,4H2,1-3H3. The molecule has 1 unspecified atom stereocenters. The molecule has 1 aromatic heterocycles. The molecule has 1 aliphatic rings. The summed E-state index contributed by atoms with van der Waals surface area (Å²) in [7, 11) is 0. The second-order valence-electron chi connectivity index (χ2n) is 7.90. The molecular weight excluding hydrogens is 406 g/mol. The van der Waals surface area contributed by atoms with E-state index in [2.05, 4.69) is 6.92 Å². The first-order valence-corrected chi connectivity index (χ1v) is 10.6. The highest BCUT2D eigenvalue weighted by molar-refractivity contribution is 6.20. The fourth-order valence-electron chi connectivity index (χ4n) is 3.85. The van der Waals surface area contributed by atoms with Crippen molar-refractivity contribution in [2.24, 2.45) is 0 Å². The van der Waals surface area contributed by atoms with Crippen molar-refractivity contribution in [1.82, 2.24) is 0 Å². The normalized spacial score (nSPS) is 16.2. The number of ketones is 1. The highest BCUT2D eigenvalue weighted by Crippen LogP contribution is 2.42. The van der Waals surface area contributed by atoms with E-state index in [0.717, 1.165) is 17.5 Å². The maximum Gasteiger partial charge on any atom is 0.294 e. The van der Waals surface area contributed by atoms with Crippen LogP contribution in [0.4, 0.5) is 5.69 Å². The number of Topliss-reactive ketones (excluding diaryl/α,β-unsaturated/α-hetero) is 1. The highest BCUT2D eigenvalue weighted by atomic mass is 16.5. The SMILES string of the molecule is CCc1ccc(C2C(C(=O)c3ccco3)=C(O)C(=O)N2c2ccc(OC(C)C)cc2)cc1. The maximum absolute atomic E-state index is 13.2. The molecule has 3 aromatic rings. The predicted octanol–water partition coefficient (Wildman–Crippen LogP) is 5.41. The Morgan fingerprint density at radius 2 is 1.78 bits per heavy atom. The summed E-state index contributed by atoms with van der Waals surface area (Å²) in [6.45, 7) is 5.92. The highest BCUT2D eigenvalue weighted by Gasteiger charge is 2.45. The van der Waals surface area contributed by atoms with Crippen molar-refractivity contribution >= 4 is 17.4 Å². The Morgan fingerprint density at radius 3 is 2.34 bits per heavy atom. The van der Waals surface area contributed by atoms with Crippen molar-refractivity contribution in [2.45, 2.75) is 39.3 Å². The lowest BCUT2D eigenvalue weighted by molar-refractivity contribution is -0.117. The summed E-state index contributed by atoms with van der Waals surface area (Å²) < 4.78 is 11.0. The number of ether oxygens (including phenoxy) is 1. The lowest BCUT2D eigenvalue weighted by Gasteiger charge is -2.27. The zero-order chi connectivity index (χ0) is 22.8. The van der Waals surface area contributed by atoms with Gasteiger partial charge in [0.25, 0.3) is 5.91 Å². The topological polar surface area (TPSA) is 80.0 Å². The Morgan fingerprint density at radius 1 is 1.09 bits per heavy atom. The number of carbonyl (C=O) groups excluding carboxylic acids is 2. The van der Waals surface area contributed by atoms with Crippen LogP contribution in [0.3, 0.4) is 0 Å². The lowest BCUT2D eigenvalue weighted by atomic mass is 9.94. The van der Waals surface area contributed by atoms with Crippen LogP contribution in [0.5, 0.6) is 5.75 Å². The third-order valence-electron chi connectivity index (χ3n) is 5.39. The number of hydrogen-bond acceptors (Lipinski definition) is 5. The van der Waals surface area contributed by atoms with E-state index >= 15 is 0 Å². The molecule has 0 saturated carbocycles. The molecule has 0 spiro atoms. The minimum absolute atomic E-state index is 0.00305. The van der Waals surface area contributed by atoms with Gasteiger partial charge in [0.1, 0.15) is 5.75 Å². The van der Waals surface area contributed by atoms with Gasteiger partial charge in [-0.3, -0.25) is 14.5 Å². The van der Waals surface area contributed by atoms with Crippen LogP contribution >= 0.6 is 0 Å². The fraction of sp³-hybridized carbons (Fsp3) is 0.231. The van der Waals surface area contributed by atoms with Gasteiger partial charge in [-0.05, 0) is 67.8 Å². The number of carbonyl (C=O) groups is 2. The van der Waals surface area contributed by atoms with Gasteiger partial charge in [-0.25, -0.2) is 0 Å². The minimum atomic E-state index is -0.789. The number of nitrogens with zero attached hydrogens (tertiary/aromatic N) is 1. The van der Waals surface area contributed by atoms with Crippen LogP contribution < -0.4 is 9.64 Å². The summed E-state index contributed by atoms with van der Waals surface area (Å²) in [5, 5.41) is 10.8. The van der Waals surface area contributed by atoms with Gasteiger partial charge in [0, 0.05) is 5.69 Å². The largest absolute Gasteiger partial charge is 0.503 e. The van der Waals surface area contributed by atoms with Crippen LogP contribution in [0.25, 0.3) is 0 Å². The molecule has 4 rings (SSSR count). The molecule has 0 aliphatic carbocycles. The Bertz CT molecular complexity index is 1140. The fourth-order valence-corrected chi connectivity index (χ4v) is 3.85. The molecule has 1 atom stereocenters. The van der Waals surface area contributed by atoms with Gasteiger partial charge in [-0.2, -0.15) is 0 Å². The van der Waals surface area contributed by atoms with E-state index in [1.54, 1.807) is 30.3 Å². The molecule has 0 radical (unpaired) electrons. The zero-order valence-corrected chi connectivity index (χ0v) is 18.2. The Hall–Kier alpha value is -3.80. The summed E-state index contributed by atoms with van der Waals surface area (Å²) in [6, 6.07) is 17.0. The summed E-state index contributed by atoms with van der Waals surface area (Å²) in [4.78, 5) is 27.8. The van der Waals surface area contributed by atoms with Crippen molar-refractivity contribution in [3.63, 3.8) is 0 Å². The van der Waals surface area contributed by atoms with Gasteiger partial charge in [0.05, 0.1) is 24.0 Å². The molecule has 164 valence electrons. The second kappa shape index (κ2) is 8.75. The summed E-state index contributed by atoms with van der Waals surface area (Å²) in [5.74, 6) is -0.992. The van der Waals surface area contributed by atoms with Gasteiger partial charge in [0.15, 0.2) is 11.5 Å². The minimum Gasteiger partial charge on any atom is -0.503 e. The van der Waals surface area contributed by atoms with Crippen LogP contribution in [0.15, 0.2) is 82.7 Å². The first-order valence-electron chi connectivity index (χ1n) is 10.6. The molecule has 6 nitrogen and oxygen atoms in total. The zero-order valence-electron chi connectivity index (χ0n) is 18.2. The van der Waals surface area contributed by atoms with E-state index in [1.165, 1.54) is 17.2 Å². The molecule has 1 amide bonds. The van der Waals surface area contributed by atoms with E-state index in [4.69, 9.17) is 9.15 Å². The van der Waals surface area contributed by atoms with Crippen LogP contribution in [0.1, 0.15) is 48.5 Å². The van der Waals surface area contributed by atoms with E-state index in [0.29, 0.717) is 11.4 Å². The molecule has 2 aromatic carbocycles. The Labute approximate surface area is 186 Å². The number of benzene rings is 2. The van der Waals surface area contributed by atoms with Crippen LogP contribution in [-0.4, -0.2) is 22.9 Å². The van der Waals surface area contributed by atoms with E-state index in [1.807, 2.05) is 38.1 Å². The van der Waals surface area contributed by atoms with E-state index in [-0.39, 0.29) is 17.4 Å². The summed E-state index contributed by atoms with van der Waals surface area (Å²) in [5.41, 5.74) is 2.39. The predicted molar refractivity (Wildman–Crippen MR) is 121 cm³/mol. The van der Waals surface area contributed by atoms with Crippen LogP contribution in [0.2, 0.25) is 0 Å². The Balaban J connectivity index is 1.79. The molecule has 2 heterocycles. The van der Waals surface area contributed by atoms with Gasteiger partial charge < -0.3 is 14.3 Å². The molecule has 0 saturated heterocycles. The smallest absolute Gasteiger partial charge is 0.294 e. The maximum atomic E-state index is 13.2. The van der Waals surface area contributed by atoms with Crippen molar-refractivity contribution in [2.75, 3.05) is 4.90 Å². The summed E-state index contributed by atoms with van der Waals surface area (Å²) in [6.07, 6.45) is 2.27. The molecule has 0 bridgehead atoms. The number of aryl methyl sites for hydroxylation is 1. The molecule has 0 fully saturated rings. The van der Waals surface area contributed by atoms with Crippen molar-refractivity contribution in [3.05, 3.63) is 95.1 Å². The van der Waals surface area contributed by atoms with Gasteiger partial charge >= 0.3 is 0 Å². The first-order chi connectivity index (χ1) is 15.4.